The number of hydrogen-bond donors (Lipinski definition) is 0. The summed E-state index contributed by atoms with van der Waals surface area (Å²) in [6.07, 6.45) is 1.84. The van der Waals surface area contributed by atoms with Gasteiger partial charge in [0.2, 0.25) is 0 Å². The van der Waals surface area contributed by atoms with Crippen LogP contribution in [0.5, 0.6) is 5.75 Å². The van der Waals surface area contributed by atoms with Gasteiger partial charge in [-0.25, -0.2) is 4.98 Å². The maximum atomic E-state index is 13.2. The van der Waals surface area contributed by atoms with E-state index in [1.54, 1.807) is 15.6 Å². The lowest BCUT2D eigenvalue weighted by Gasteiger charge is -2.21. The maximum absolute atomic E-state index is 13.2. The number of likely N-dealkylation sites (N-methyl/N-ethyl adjacent to an activating group) is 1. The van der Waals surface area contributed by atoms with E-state index in [0.29, 0.717) is 24.0 Å². The van der Waals surface area contributed by atoms with E-state index in [-0.39, 0.29) is 11.9 Å². The van der Waals surface area contributed by atoms with Gasteiger partial charge in [0.25, 0.3) is 5.91 Å². The van der Waals surface area contributed by atoms with Crippen LogP contribution in [0.15, 0.2) is 30.5 Å². The summed E-state index contributed by atoms with van der Waals surface area (Å²) in [5, 5.41) is 5.12. The SMILES string of the molecule is CCOc1ccc2nc(N(CCN(C)C)C(=O)c3ccn(C(C)C)n3)sc2c1. The zero-order valence-corrected chi connectivity index (χ0v) is 17.9. The largest absolute Gasteiger partial charge is 0.494 e. The third kappa shape index (κ3) is 4.51. The smallest absolute Gasteiger partial charge is 0.280 e. The van der Waals surface area contributed by atoms with Crippen LogP contribution in [0.3, 0.4) is 0 Å². The maximum Gasteiger partial charge on any atom is 0.280 e. The molecule has 8 heteroatoms. The van der Waals surface area contributed by atoms with Gasteiger partial charge in [-0.3, -0.25) is 14.4 Å². The first-order chi connectivity index (χ1) is 13.4. The summed E-state index contributed by atoms with van der Waals surface area (Å²) in [6, 6.07) is 7.79. The van der Waals surface area contributed by atoms with E-state index in [0.717, 1.165) is 22.5 Å². The summed E-state index contributed by atoms with van der Waals surface area (Å²) < 4.78 is 8.38. The molecular weight excluding hydrogens is 374 g/mol. The molecule has 0 aliphatic heterocycles. The van der Waals surface area contributed by atoms with Gasteiger partial charge >= 0.3 is 0 Å². The number of fused-ring (bicyclic) bond motifs is 1. The van der Waals surface area contributed by atoms with Crippen molar-refractivity contribution in [2.45, 2.75) is 26.8 Å². The minimum Gasteiger partial charge on any atom is -0.494 e. The normalized spacial score (nSPS) is 11.5. The first-order valence-corrected chi connectivity index (χ1v) is 10.3. The molecule has 0 atom stereocenters. The van der Waals surface area contributed by atoms with E-state index >= 15 is 0 Å². The molecule has 0 fully saturated rings. The molecule has 0 aliphatic carbocycles. The van der Waals surface area contributed by atoms with Gasteiger partial charge in [0.05, 0.1) is 16.8 Å². The molecule has 3 aromatic rings. The fraction of sp³-hybridized carbons (Fsp3) is 0.450. The van der Waals surface area contributed by atoms with E-state index < -0.39 is 0 Å². The van der Waals surface area contributed by atoms with Gasteiger partial charge < -0.3 is 9.64 Å². The highest BCUT2D eigenvalue weighted by Gasteiger charge is 2.23. The van der Waals surface area contributed by atoms with Crippen LogP contribution in [0.2, 0.25) is 0 Å². The number of carbonyl (C=O) groups is 1. The predicted molar refractivity (Wildman–Crippen MR) is 114 cm³/mol. The van der Waals surface area contributed by atoms with Crippen LogP contribution in [0.25, 0.3) is 10.2 Å². The minimum absolute atomic E-state index is 0.134. The second-order valence-electron chi connectivity index (χ2n) is 7.09. The molecule has 2 heterocycles. The Balaban J connectivity index is 1.94. The molecule has 1 aromatic carbocycles. The summed E-state index contributed by atoms with van der Waals surface area (Å²) in [4.78, 5) is 21.7. The zero-order valence-electron chi connectivity index (χ0n) is 17.0. The average molecular weight is 402 g/mol. The van der Waals surface area contributed by atoms with Crippen LogP contribution in [0.4, 0.5) is 5.13 Å². The van der Waals surface area contributed by atoms with Crippen molar-refractivity contribution in [3.8, 4) is 5.75 Å². The quantitative estimate of drug-likeness (QED) is 0.576. The number of aromatic nitrogens is 3. The lowest BCUT2D eigenvalue weighted by molar-refractivity contribution is 0.0979. The number of amides is 1. The van der Waals surface area contributed by atoms with Crippen molar-refractivity contribution in [1.82, 2.24) is 19.7 Å². The number of carbonyl (C=O) groups excluding carboxylic acids is 1. The zero-order chi connectivity index (χ0) is 20.3. The topological polar surface area (TPSA) is 63.5 Å². The molecule has 3 rings (SSSR count). The summed E-state index contributed by atoms with van der Waals surface area (Å²) in [5.41, 5.74) is 1.29. The predicted octanol–water partition coefficient (Wildman–Crippen LogP) is 3.68. The van der Waals surface area contributed by atoms with Crippen molar-refractivity contribution in [3.63, 3.8) is 0 Å². The van der Waals surface area contributed by atoms with Crippen molar-refractivity contribution < 1.29 is 9.53 Å². The number of hydrogen-bond acceptors (Lipinski definition) is 6. The number of ether oxygens (including phenoxy) is 1. The third-order valence-electron chi connectivity index (χ3n) is 4.26. The van der Waals surface area contributed by atoms with E-state index in [4.69, 9.17) is 9.72 Å². The van der Waals surface area contributed by atoms with Crippen molar-refractivity contribution in [1.29, 1.82) is 0 Å². The summed E-state index contributed by atoms with van der Waals surface area (Å²) >= 11 is 1.49. The Morgan fingerprint density at radius 3 is 2.68 bits per heavy atom. The second kappa shape index (κ2) is 8.70. The van der Waals surface area contributed by atoms with E-state index in [9.17, 15) is 4.79 Å². The monoisotopic (exact) mass is 401 g/mol. The van der Waals surface area contributed by atoms with Crippen molar-refractivity contribution >= 4 is 32.6 Å². The van der Waals surface area contributed by atoms with Gasteiger partial charge in [-0.05, 0) is 59.1 Å². The number of benzene rings is 1. The molecule has 0 saturated carbocycles. The Hall–Kier alpha value is -2.45. The molecule has 150 valence electrons. The molecule has 0 saturated heterocycles. The molecule has 0 N–H and O–H groups in total. The molecule has 1 amide bonds. The van der Waals surface area contributed by atoms with E-state index in [1.807, 2.05) is 64.2 Å². The number of rotatable bonds is 8. The van der Waals surface area contributed by atoms with Gasteiger partial charge in [0.15, 0.2) is 10.8 Å². The lowest BCUT2D eigenvalue weighted by atomic mass is 10.3. The lowest BCUT2D eigenvalue weighted by Crippen LogP contribution is -2.37. The molecule has 0 unspecified atom stereocenters. The molecular formula is C20H27N5O2S. The van der Waals surface area contributed by atoms with Crippen LogP contribution in [-0.4, -0.2) is 59.4 Å². The summed E-state index contributed by atoms with van der Waals surface area (Å²) in [5.74, 6) is 0.678. The van der Waals surface area contributed by atoms with Crippen LogP contribution < -0.4 is 9.64 Å². The standard InChI is InChI=1S/C20H27N5O2S/c1-6-27-15-7-8-16-18(13-15)28-20(21-16)24(12-11-23(4)5)19(26)17-9-10-25(22-17)14(2)3/h7-10,13-14H,6,11-12H2,1-5H3. The fourth-order valence-corrected chi connectivity index (χ4v) is 3.75. The third-order valence-corrected chi connectivity index (χ3v) is 5.30. The fourth-order valence-electron chi connectivity index (χ4n) is 2.73. The Bertz CT molecular complexity index is 947. The van der Waals surface area contributed by atoms with Gasteiger partial charge in [-0.15, -0.1) is 0 Å². The van der Waals surface area contributed by atoms with Crippen LogP contribution in [0.1, 0.15) is 37.3 Å². The number of anilines is 1. The van der Waals surface area contributed by atoms with E-state index in [1.165, 1.54) is 11.3 Å². The summed E-state index contributed by atoms with van der Waals surface area (Å²) in [6.45, 7) is 7.92. The molecule has 0 radical (unpaired) electrons. The van der Waals surface area contributed by atoms with Crippen molar-refractivity contribution in [3.05, 3.63) is 36.2 Å². The molecule has 28 heavy (non-hydrogen) atoms. The first-order valence-electron chi connectivity index (χ1n) is 9.44. The minimum atomic E-state index is -0.134. The Morgan fingerprint density at radius 1 is 1.25 bits per heavy atom. The Labute approximate surface area is 169 Å². The molecule has 0 spiro atoms. The van der Waals surface area contributed by atoms with Gasteiger partial charge in [0, 0.05) is 25.3 Å². The van der Waals surface area contributed by atoms with Gasteiger partial charge in [-0.1, -0.05) is 11.3 Å². The van der Waals surface area contributed by atoms with Gasteiger partial charge in [0.1, 0.15) is 5.75 Å². The van der Waals surface area contributed by atoms with Gasteiger partial charge in [-0.2, -0.15) is 5.10 Å². The number of thiazole rings is 1. The molecule has 7 nitrogen and oxygen atoms in total. The van der Waals surface area contributed by atoms with Crippen LogP contribution >= 0.6 is 11.3 Å². The van der Waals surface area contributed by atoms with Crippen molar-refractivity contribution in [2.24, 2.45) is 0 Å². The molecule has 2 aromatic heterocycles. The Morgan fingerprint density at radius 2 is 2.04 bits per heavy atom. The first kappa shape index (κ1) is 20.3. The van der Waals surface area contributed by atoms with Crippen LogP contribution in [-0.2, 0) is 0 Å². The highest BCUT2D eigenvalue weighted by atomic mass is 32.1. The highest BCUT2D eigenvalue weighted by molar-refractivity contribution is 7.22. The second-order valence-corrected chi connectivity index (χ2v) is 8.10. The highest BCUT2D eigenvalue weighted by Crippen LogP contribution is 2.32. The van der Waals surface area contributed by atoms with Crippen LogP contribution in [0, 0.1) is 0 Å². The molecule has 0 bridgehead atoms. The average Bonchev–Trinajstić information content (AvgIpc) is 3.28. The number of nitrogens with zero attached hydrogens (tertiary/aromatic N) is 5. The summed E-state index contributed by atoms with van der Waals surface area (Å²) in [7, 11) is 3.98. The molecule has 0 aliphatic rings. The Kier molecular flexibility index (Phi) is 6.31. The van der Waals surface area contributed by atoms with Crippen molar-refractivity contribution in [2.75, 3.05) is 38.7 Å². The van der Waals surface area contributed by atoms with E-state index in [2.05, 4.69) is 5.10 Å².